The summed E-state index contributed by atoms with van der Waals surface area (Å²) < 4.78 is 31.7. The lowest BCUT2D eigenvalue weighted by molar-refractivity contribution is -0.147. The summed E-state index contributed by atoms with van der Waals surface area (Å²) in [6.07, 6.45) is 2.64. The van der Waals surface area contributed by atoms with E-state index in [4.69, 9.17) is 16.3 Å². The van der Waals surface area contributed by atoms with Gasteiger partial charge in [0.05, 0.1) is 22.6 Å². The molecular formula is C18H25ClN2O5S. The first-order chi connectivity index (χ1) is 12.7. The number of esters is 1. The number of amides is 1. The fourth-order valence-corrected chi connectivity index (χ4v) is 4.92. The number of methoxy groups -OCH3 is 1. The summed E-state index contributed by atoms with van der Waals surface area (Å²) in [5, 5.41) is 2.75. The van der Waals surface area contributed by atoms with Gasteiger partial charge in [0.15, 0.2) is 0 Å². The maximum atomic E-state index is 12.8. The van der Waals surface area contributed by atoms with Crippen LogP contribution < -0.4 is 5.32 Å². The van der Waals surface area contributed by atoms with E-state index in [-0.39, 0.29) is 15.5 Å². The van der Waals surface area contributed by atoms with Crippen molar-refractivity contribution in [2.45, 2.75) is 50.0 Å². The highest BCUT2D eigenvalue weighted by molar-refractivity contribution is 7.89. The molecule has 27 heavy (non-hydrogen) atoms. The second-order valence-corrected chi connectivity index (χ2v) is 9.13. The number of hydrogen-bond acceptors (Lipinski definition) is 5. The van der Waals surface area contributed by atoms with Crippen molar-refractivity contribution in [2.75, 3.05) is 20.2 Å². The molecule has 1 saturated heterocycles. The van der Waals surface area contributed by atoms with Crippen LogP contribution in [0.5, 0.6) is 0 Å². The number of rotatable bonds is 7. The maximum absolute atomic E-state index is 12.8. The van der Waals surface area contributed by atoms with E-state index in [1.54, 1.807) is 6.92 Å². The van der Waals surface area contributed by atoms with Gasteiger partial charge in [0, 0.05) is 13.1 Å². The Bertz CT molecular complexity index is 821. The van der Waals surface area contributed by atoms with Crippen molar-refractivity contribution in [3.63, 3.8) is 0 Å². The highest BCUT2D eigenvalue weighted by Crippen LogP contribution is 2.26. The third-order valence-electron chi connectivity index (χ3n) is 4.66. The third kappa shape index (κ3) is 4.62. The van der Waals surface area contributed by atoms with Crippen molar-refractivity contribution in [2.24, 2.45) is 0 Å². The lowest BCUT2D eigenvalue weighted by atomic mass is 9.95. The number of carbonyl (C=O) groups excluding carboxylic acids is 2. The molecule has 1 aliphatic heterocycles. The zero-order valence-electron chi connectivity index (χ0n) is 15.7. The van der Waals surface area contributed by atoms with Gasteiger partial charge in [0.25, 0.3) is 5.91 Å². The lowest BCUT2D eigenvalue weighted by Gasteiger charge is -2.27. The van der Waals surface area contributed by atoms with Gasteiger partial charge in [0.1, 0.15) is 5.54 Å². The van der Waals surface area contributed by atoms with E-state index in [9.17, 15) is 18.0 Å². The van der Waals surface area contributed by atoms with Gasteiger partial charge >= 0.3 is 5.97 Å². The normalized spacial score (nSPS) is 17.3. The molecule has 1 unspecified atom stereocenters. The summed E-state index contributed by atoms with van der Waals surface area (Å²) in [5.41, 5.74) is -1.23. The average molecular weight is 417 g/mol. The zero-order chi connectivity index (χ0) is 20.2. The Morgan fingerprint density at radius 1 is 1.30 bits per heavy atom. The minimum Gasteiger partial charge on any atom is -0.467 e. The largest absolute Gasteiger partial charge is 0.467 e. The van der Waals surface area contributed by atoms with Crippen LogP contribution in [0.3, 0.4) is 0 Å². The molecule has 0 aromatic heterocycles. The summed E-state index contributed by atoms with van der Waals surface area (Å²) in [5.74, 6) is -1.20. The molecule has 1 aromatic carbocycles. The van der Waals surface area contributed by atoms with Gasteiger partial charge in [-0.05, 0) is 44.4 Å². The molecule has 1 aromatic rings. The van der Waals surface area contributed by atoms with Gasteiger partial charge in [-0.3, -0.25) is 4.79 Å². The summed E-state index contributed by atoms with van der Waals surface area (Å²) >= 11 is 6.13. The molecule has 0 spiro atoms. The number of nitrogens with one attached hydrogen (secondary N) is 1. The molecule has 0 bridgehead atoms. The van der Waals surface area contributed by atoms with Gasteiger partial charge < -0.3 is 10.1 Å². The molecule has 1 fully saturated rings. The predicted octanol–water partition coefficient (Wildman–Crippen LogP) is 2.59. The van der Waals surface area contributed by atoms with Crippen LogP contribution in [0, 0.1) is 0 Å². The molecule has 7 nitrogen and oxygen atoms in total. The summed E-state index contributed by atoms with van der Waals surface area (Å²) in [6, 6.07) is 4.03. The molecule has 1 amide bonds. The first-order valence-corrected chi connectivity index (χ1v) is 10.7. The van der Waals surface area contributed by atoms with Crippen LogP contribution in [0.4, 0.5) is 0 Å². The standard InChI is InChI=1S/C18H25ClN2O5S/c1-4-9-18(2,17(23)26-3)20-16(22)14-12-13(7-8-15(14)19)27(24,25)21-10-5-6-11-21/h7-8,12H,4-6,9-11H2,1-3H3,(H,20,22). The number of hydrogen-bond donors (Lipinski definition) is 1. The number of halogens is 1. The van der Waals surface area contributed by atoms with E-state index in [0.717, 1.165) is 12.8 Å². The number of ether oxygens (including phenoxy) is 1. The molecule has 0 aliphatic carbocycles. The molecular weight excluding hydrogens is 392 g/mol. The van der Waals surface area contributed by atoms with Gasteiger partial charge in [-0.2, -0.15) is 4.31 Å². The fourth-order valence-electron chi connectivity index (χ4n) is 3.18. The minimum atomic E-state index is -3.68. The average Bonchev–Trinajstić information content (AvgIpc) is 3.16. The second kappa shape index (κ2) is 8.58. The minimum absolute atomic E-state index is 0.00293. The van der Waals surface area contributed by atoms with E-state index >= 15 is 0 Å². The predicted molar refractivity (Wildman–Crippen MR) is 102 cm³/mol. The van der Waals surface area contributed by atoms with Crippen LogP contribution in [-0.4, -0.2) is 50.3 Å². The number of benzene rings is 1. The summed E-state index contributed by atoms with van der Waals surface area (Å²) in [7, 11) is -2.43. The van der Waals surface area contributed by atoms with Gasteiger partial charge in [-0.15, -0.1) is 0 Å². The Kier molecular flexibility index (Phi) is 6.88. The first kappa shape index (κ1) is 21.7. The molecule has 0 radical (unpaired) electrons. The van der Waals surface area contributed by atoms with Crippen LogP contribution in [-0.2, 0) is 19.6 Å². The van der Waals surface area contributed by atoms with Gasteiger partial charge in [-0.25, -0.2) is 13.2 Å². The number of sulfonamides is 1. The molecule has 1 aliphatic rings. The molecule has 1 atom stereocenters. The zero-order valence-corrected chi connectivity index (χ0v) is 17.3. The number of carbonyl (C=O) groups is 2. The Hall–Kier alpha value is -1.64. The van der Waals surface area contributed by atoms with Crippen LogP contribution in [0.1, 0.15) is 49.9 Å². The Labute approximate surface area is 165 Å². The topological polar surface area (TPSA) is 92.8 Å². The van der Waals surface area contributed by atoms with Crippen molar-refractivity contribution in [1.29, 1.82) is 0 Å². The van der Waals surface area contributed by atoms with E-state index in [1.807, 2.05) is 6.92 Å². The monoisotopic (exact) mass is 416 g/mol. The van der Waals surface area contributed by atoms with E-state index in [2.05, 4.69) is 5.32 Å². The second-order valence-electron chi connectivity index (χ2n) is 6.78. The quantitative estimate of drug-likeness (QED) is 0.689. The van der Waals surface area contributed by atoms with Crippen LogP contribution in [0.25, 0.3) is 0 Å². The first-order valence-electron chi connectivity index (χ1n) is 8.86. The van der Waals surface area contributed by atoms with E-state index in [1.165, 1.54) is 29.6 Å². The van der Waals surface area contributed by atoms with Crippen molar-refractivity contribution < 1.29 is 22.7 Å². The van der Waals surface area contributed by atoms with Crippen molar-refractivity contribution >= 4 is 33.5 Å². The summed E-state index contributed by atoms with van der Waals surface area (Å²) in [6.45, 7) is 4.37. The Morgan fingerprint density at radius 2 is 1.93 bits per heavy atom. The summed E-state index contributed by atoms with van der Waals surface area (Å²) in [4.78, 5) is 24.9. The molecule has 1 N–H and O–H groups in total. The molecule has 150 valence electrons. The van der Waals surface area contributed by atoms with Crippen molar-refractivity contribution in [3.8, 4) is 0 Å². The maximum Gasteiger partial charge on any atom is 0.331 e. The highest BCUT2D eigenvalue weighted by Gasteiger charge is 2.36. The molecule has 1 heterocycles. The highest BCUT2D eigenvalue weighted by atomic mass is 35.5. The molecule has 9 heteroatoms. The van der Waals surface area contributed by atoms with Crippen LogP contribution in [0.15, 0.2) is 23.1 Å². The smallest absolute Gasteiger partial charge is 0.331 e. The van der Waals surface area contributed by atoms with Crippen molar-refractivity contribution in [1.82, 2.24) is 9.62 Å². The van der Waals surface area contributed by atoms with Crippen LogP contribution in [0.2, 0.25) is 5.02 Å². The van der Waals surface area contributed by atoms with E-state index < -0.39 is 27.4 Å². The molecule has 0 saturated carbocycles. The number of nitrogens with zero attached hydrogens (tertiary/aromatic N) is 1. The Balaban J connectivity index is 2.35. The van der Waals surface area contributed by atoms with E-state index in [0.29, 0.717) is 25.9 Å². The van der Waals surface area contributed by atoms with Crippen molar-refractivity contribution in [3.05, 3.63) is 28.8 Å². The molecule has 2 rings (SSSR count). The SMILES string of the molecule is CCCC(C)(NC(=O)c1cc(S(=O)(=O)N2CCCC2)ccc1Cl)C(=O)OC. The lowest BCUT2D eigenvalue weighted by Crippen LogP contribution is -2.52. The van der Waals surface area contributed by atoms with Gasteiger partial charge in [0.2, 0.25) is 10.0 Å². The van der Waals surface area contributed by atoms with Crippen LogP contribution >= 0.6 is 11.6 Å². The third-order valence-corrected chi connectivity index (χ3v) is 6.88. The Morgan fingerprint density at radius 3 is 2.48 bits per heavy atom. The van der Waals surface area contributed by atoms with Gasteiger partial charge in [-0.1, -0.05) is 24.9 Å². The fraction of sp³-hybridized carbons (Fsp3) is 0.556.